The van der Waals surface area contributed by atoms with Gasteiger partial charge < -0.3 is 20.1 Å². The zero-order valence-corrected chi connectivity index (χ0v) is 14.1. The Bertz CT molecular complexity index is 385. The molecular weight excluding hydrogens is 292 g/mol. The summed E-state index contributed by atoms with van der Waals surface area (Å²) in [4.78, 5) is 23.7. The van der Waals surface area contributed by atoms with Crippen molar-refractivity contribution in [1.82, 2.24) is 10.6 Å². The molecule has 1 fully saturated rings. The minimum atomic E-state index is -0.776. The predicted octanol–water partition coefficient (Wildman–Crippen LogP) is 0.716. The fourth-order valence-electron chi connectivity index (χ4n) is 2.00. The maximum Gasteiger partial charge on any atom is 0.249 e. The number of hydrogen-bond donors (Lipinski definition) is 3. The maximum absolute atomic E-state index is 12.3. The van der Waals surface area contributed by atoms with Crippen LogP contribution in [-0.4, -0.2) is 49.2 Å². The molecule has 1 aliphatic heterocycles. The molecule has 0 aliphatic carbocycles. The molecule has 7 heteroatoms. The first kappa shape index (κ1) is 18.3. The van der Waals surface area contributed by atoms with Crippen LogP contribution >= 0.6 is 12.6 Å². The van der Waals surface area contributed by atoms with Crippen LogP contribution < -0.4 is 10.6 Å². The first-order valence-electron chi connectivity index (χ1n) is 7.15. The molecule has 0 aromatic heterocycles. The number of nitrogens with one attached hydrogen (secondary N) is 2. The molecule has 21 heavy (non-hydrogen) atoms. The standard InChI is InChI=1S/C14H26N2O4S/c1-13(2)9-19-14(3,4)20-11(13)12(18)16-6-5-10(17)15-7-8-21/h11,21H,5-9H2,1-4H3,(H,15,17)(H,16,18). The number of ether oxygens (including phenoxy) is 2. The van der Waals surface area contributed by atoms with Crippen molar-refractivity contribution in [2.75, 3.05) is 25.4 Å². The monoisotopic (exact) mass is 318 g/mol. The highest BCUT2D eigenvalue weighted by Gasteiger charge is 2.45. The van der Waals surface area contributed by atoms with Gasteiger partial charge in [0, 0.05) is 30.7 Å². The topological polar surface area (TPSA) is 76.7 Å². The fraction of sp³-hybridized carbons (Fsp3) is 0.857. The molecule has 6 nitrogen and oxygen atoms in total. The number of carbonyl (C=O) groups is 2. The second-order valence-corrected chi connectivity index (χ2v) is 6.74. The van der Waals surface area contributed by atoms with Gasteiger partial charge in [0.1, 0.15) is 6.10 Å². The van der Waals surface area contributed by atoms with Gasteiger partial charge in [0.2, 0.25) is 11.8 Å². The van der Waals surface area contributed by atoms with Crippen LogP contribution in [0.2, 0.25) is 0 Å². The first-order valence-corrected chi connectivity index (χ1v) is 7.78. The van der Waals surface area contributed by atoms with Gasteiger partial charge in [0.25, 0.3) is 0 Å². The van der Waals surface area contributed by atoms with E-state index in [0.29, 0.717) is 18.9 Å². The van der Waals surface area contributed by atoms with Gasteiger partial charge in [0.05, 0.1) is 6.61 Å². The van der Waals surface area contributed by atoms with Crippen LogP contribution in [0.3, 0.4) is 0 Å². The van der Waals surface area contributed by atoms with Crippen molar-refractivity contribution in [3.05, 3.63) is 0 Å². The van der Waals surface area contributed by atoms with Crippen LogP contribution in [0, 0.1) is 5.41 Å². The molecule has 2 amide bonds. The largest absolute Gasteiger partial charge is 0.355 e. The van der Waals surface area contributed by atoms with Crippen LogP contribution in [0.4, 0.5) is 0 Å². The van der Waals surface area contributed by atoms with E-state index < -0.39 is 17.3 Å². The van der Waals surface area contributed by atoms with Gasteiger partial charge in [-0.1, -0.05) is 13.8 Å². The first-order chi connectivity index (χ1) is 9.68. The summed E-state index contributed by atoms with van der Waals surface area (Å²) in [6.07, 6.45) is -0.353. The van der Waals surface area contributed by atoms with E-state index in [-0.39, 0.29) is 24.8 Å². The van der Waals surface area contributed by atoms with Crippen molar-refractivity contribution in [2.24, 2.45) is 5.41 Å². The SMILES string of the molecule is CC1(C)OCC(C)(C)C(C(=O)NCCC(=O)NCCS)O1. The minimum Gasteiger partial charge on any atom is -0.355 e. The maximum atomic E-state index is 12.3. The van der Waals surface area contributed by atoms with Gasteiger partial charge in [-0.3, -0.25) is 9.59 Å². The molecule has 1 atom stereocenters. The molecule has 0 saturated carbocycles. The number of carbonyl (C=O) groups excluding carboxylic acids is 2. The summed E-state index contributed by atoms with van der Waals surface area (Å²) in [7, 11) is 0. The van der Waals surface area contributed by atoms with E-state index >= 15 is 0 Å². The normalized spacial score (nSPS) is 23.4. The molecule has 122 valence electrons. The Hall–Kier alpha value is -0.790. The second kappa shape index (κ2) is 7.47. The van der Waals surface area contributed by atoms with Gasteiger partial charge >= 0.3 is 0 Å². The van der Waals surface area contributed by atoms with E-state index in [2.05, 4.69) is 23.3 Å². The van der Waals surface area contributed by atoms with E-state index in [1.54, 1.807) is 13.8 Å². The van der Waals surface area contributed by atoms with Crippen molar-refractivity contribution >= 4 is 24.4 Å². The molecule has 1 aliphatic rings. The summed E-state index contributed by atoms with van der Waals surface area (Å²) >= 11 is 4.01. The van der Waals surface area contributed by atoms with Crippen LogP contribution in [0.25, 0.3) is 0 Å². The molecule has 0 radical (unpaired) electrons. The van der Waals surface area contributed by atoms with Gasteiger partial charge in [-0.05, 0) is 13.8 Å². The molecule has 0 spiro atoms. The van der Waals surface area contributed by atoms with Crippen molar-refractivity contribution in [2.45, 2.75) is 46.0 Å². The molecule has 0 aromatic carbocycles. The van der Waals surface area contributed by atoms with E-state index in [4.69, 9.17) is 9.47 Å². The number of rotatable bonds is 6. The fourth-order valence-corrected chi connectivity index (χ4v) is 2.11. The Kier molecular flexibility index (Phi) is 6.49. The van der Waals surface area contributed by atoms with Gasteiger partial charge in [-0.25, -0.2) is 0 Å². The van der Waals surface area contributed by atoms with Crippen molar-refractivity contribution < 1.29 is 19.1 Å². The lowest BCUT2D eigenvalue weighted by molar-refractivity contribution is -0.304. The lowest BCUT2D eigenvalue weighted by atomic mass is 9.85. The van der Waals surface area contributed by atoms with Crippen LogP contribution in [-0.2, 0) is 19.1 Å². The quantitative estimate of drug-likeness (QED) is 0.631. The Morgan fingerprint density at radius 2 is 1.86 bits per heavy atom. The van der Waals surface area contributed by atoms with E-state index in [1.807, 2.05) is 13.8 Å². The third-order valence-corrected chi connectivity index (χ3v) is 3.45. The molecular formula is C14H26N2O4S. The second-order valence-electron chi connectivity index (χ2n) is 6.29. The highest BCUT2D eigenvalue weighted by molar-refractivity contribution is 7.80. The Morgan fingerprint density at radius 3 is 2.48 bits per heavy atom. The van der Waals surface area contributed by atoms with Crippen LogP contribution in [0.5, 0.6) is 0 Å². The summed E-state index contributed by atoms with van der Waals surface area (Å²) < 4.78 is 11.3. The summed E-state index contributed by atoms with van der Waals surface area (Å²) in [6.45, 7) is 8.67. The zero-order chi connectivity index (χ0) is 16.1. The number of hydrogen-bond acceptors (Lipinski definition) is 5. The molecule has 1 rings (SSSR count). The third kappa shape index (κ3) is 5.84. The van der Waals surface area contributed by atoms with Gasteiger partial charge in [-0.2, -0.15) is 12.6 Å². The smallest absolute Gasteiger partial charge is 0.249 e. The Morgan fingerprint density at radius 1 is 1.19 bits per heavy atom. The number of amides is 2. The molecule has 0 aromatic rings. The zero-order valence-electron chi connectivity index (χ0n) is 13.2. The Balaban J connectivity index is 2.44. The minimum absolute atomic E-state index is 0.100. The number of thiol groups is 1. The van der Waals surface area contributed by atoms with E-state index in [9.17, 15) is 9.59 Å². The average molecular weight is 318 g/mol. The average Bonchev–Trinajstić information content (AvgIpc) is 2.39. The van der Waals surface area contributed by atoms with Crippen molar-refractivity contribution in [3.8, 4) is 0 Å². The highest BCUT2D eigenvalue weighted by Crippen LogP contribution is 2.34. The molecule has 0 bridgehead atoms. The highest BCUT2D eigenvalue weighted by atomic mass is 32.1. The van der Waals surface area contributed by atoms with E-state index in [0.717, 1.165) is 0 Å². The van der Waals surface area contributed by atoms with Crippen molar-refractivity contribution in [3.63, 3.8) is 0 Å². The van der Waals surface area contributed by atoms with Gasteiger partial charge in [-0.15, -0.1) is 0 Å². The lowest BCUT2D eigenvalue weighted by Crippen LogP contribution is -2.56. The van der Waals surface area contributed by atoms with Gasteiger partial charge in [0.15, 0.2) is 5.79 Å². The summed E-state index contributed by atoms with van der Waals surface area (Å²) in [5.41, 5.74) is -0.409. The molecule has 2 N–H and O–H groups in total. The summed E-state index contributed by atoms with van der Waals surface area (Å²) in [5, 5.41) is 5.45. The molecule has 1 heterocycles. The lowest BCUT2D eigenvalue weighted by Gasteiger charge is -2.44. The van der Waals surface area contributed by atoms with Crippen LogP contribution in [0.15, 0.2) is 0 Å². The summed E-state index contributed by atoms with van der Waals surface area (Å²) in [6, 6.07) is 0. The van der Waals surface area contributed by atoms with E-state index in [1.165, 1.54) is 0 Å². The Labute approximate surface area is 131 Å². The third-order valence-electron chi connectivity index (χ3n) is 3.23. The van der Waals surface area contributed by atoms with Crippen molar-refractivity contribution in [1.29, 1.82) is 0 Å². The molecule has 1 saturated heterocycles. The summed E-state index contributed by atoms with van der Waals surface area (Å²) in [5.74, 6) is -0.492. The molecule has 1 unspecified atom stereocenters. The van der Waals surface area contributed by atoms with Crippen LogP contribution in [0.1, 0.15) is 34.1 Å². The predicted molar refractivity (Wildman–Crippen MR) is 83.2 cm³/mol.